The fourth-order valence-corrected chi connectivity index (χ4v) is 5.68. The standard InChI is InChI=1S/C48H80O6/c1-4-7-10-13-15-17-19-20-21-22-23-24-25-26-27-28-29-31-32-35-38-41-47(50)53-44-45(43-52-46(49)40-37-34-12-9-6-3)54-48(51)42-39-36-33-30-18-16-14-11-8-5-2/h7,10,15,17,20-21,23-24,26-27,29,31,45H,4-6,8-9,11-14,16,18-19,22,25,28,30,32-44H2,1-3H3/b10-7-,17-15-,21-20-,24-23-,27-26-,31-29-. The highest BCUT2D eigenvalue weighted by Crippen LogP contribution is 2.13. The zero-order valence-electron chi connectivity index (χ0n) is 35.0. The molecule has 0 aliphatic heterocycles. The lowest BCUT2D eigenvalue weighted by Crippen LogP contribution is -2.30. The molecule has 308 valence electrons. The molecule has 0 radical (unpaired) electrons. The molecule has 1 atom stereocenters. The summed E-state index contributed by atoms with van der Waals surface area (Å²) in [5.74, 6) is -0.957. The molecular weight excluding hydrogens is 673 g/mol. The summed E-state index contributed by atoms with van der Waals surface area (Å²) >= 11 is 0. The van der Waals surface area contributed by atoms with Gasteiger partial charge in [-0.25, -0.2) is 0 Å². The van der Waals surface area contributed by atoms with Crippen molar-refractivity contribution in [1.29, 1.82) is 0 Å². The van der Waals surface area contributed by atoms with E-state index in [4.69, 9.17) is 14.2 Å². The summed E-state index contributed by atoms with van der Waals surface area (Å²) in [5.41, 5.74) is 0. The summed E-state index contributed by atoms with van der Waals surface area (Å²) in [6, 6.07) is 0. The first-order valence-electron chi connectivity index (χ1n) is 21.9. The average molecular weight is 753 g/mol. The number of ether oxygens (including phenoxy) is 3. The fourth-order valence-electron chi connectivity index (χ4n) is 5.68. The molecule has 54 heavy (non-hydrogen) atoms. The predicted molar refractivity (Wildman–Crippen MR) is 228 cm³/mol. The van der Waals surface area contributed by atoms with Crippen LogP contribution in [0.3, 0.4) is 0 Å². The Kier molecular flexibility index (Phi) is 40.1. The van der Waals surface area contributed by atoms with Crippen LogP contribution in [0.25, 0.3) is 0 Å². The van der Waals surface area contributed by atoms with Gasteiger partial charge in [-0.1, -0.05) is 177 Å². The SMILES string of the molecule is CC/C=C\C/C=C\C/C=C\C/C=C\C/C=C\C/C=C\CCCCC(=O)OCC(COC(=O)CCCCCCC)OC(=O)CCCCCCCCCCCC. The van der Waals surface area contributed by atoms with Gasteiger partial charge in [0.25, 0.3) is 0 Å². The molecule has 0 rings (SSSR count). The normalized spacial score (nSPS) is 12.7. The number of hydrogen-bond acceptors (Lipinski definition) is 6. The Balaban J connectivity index is 4.28. The highest BCUT2D eigenvalue weighted by Gasteiger charge is 2.19. The maximum Gasteiger partial charge on any atom is 0.306 e. The molecule has 1 unspecified atom stereocenters. The Morgan fingerprint density at radius 1 is 0.389 bits per heavy atom. The van der Waals surface area contributed by atoms with Crippen molar-refractivity contribution >= 4 is 17.9 Å². The first kappa shape index (κ1) is 50.9. The molecule has 0 aromatic rings. The van der Waals surface area contributed by atoms with Crippen molar-refractivity contribution in [3.63, 3.8) is 0 Å². The number of carbonyl (C=O) groups excluding carboxylic acids is 3. The first-order valence-corrected chi connectivity index (χ1v) is 21.9. The predicted octanol–water partition coefficient (Wildman–Crippen LogP) is 13.9. The van der Waals surface area contributed by atoms with E-state index < -0.39 is 6.10 Å². The third-order valence-electron chi connectivity index (χ3n) is 8.98. The fraction of sp³-hybridized carbons (Fsp3) is 0.688. The van der Waals surface area contributed by atoms with Crippen LogP contribution in [-0.4, -0.2) is 37.2 Å². The summed E-state index contributed by atoms with van der Waals surface area (Å²) < 4.78 is 16.5. The summed E-state index contributed by atoms with van der Waals surface area (Å²) in [4.78, 5) is 37.4. The second-order valence-corrected chi connectivity index (χ2v) is 14.2. The van der Waals surface area contributed by atoms with Gasteiger partial charge in [0.05, 0.1) is 0 Å². The van der Waals surface area contributed by atoms with E-state index >= 15 is 0 Å². The Bertz CT molecular complexity index is 1050. The van der Waals surface area contributed by atoms with Gasteiger partial charge in [0.15, 0.2) is 6.10 Å². The van der Waals surface area contributed by atoms with Gasteiger partial charge in [-0.2, -0.15) is 0 Å². The minimum Gasteiger partial charge on any atom is -0.462 e. The second kappa shape index (κ2) is 42.6. The van der Waals surface area contributed by atoms with Crippen LogP contribution in [0, 0.1) is 0 Å². The van der Waals surface area contributed by atoms with Gasteiger partial charge in [-0.15, -0.1) is 0 Å². The lowest BCUT2D eigenvalue weighted by atomic mass is 10.1. The monoisotopic (exact) mass is 753 g/mol. The molecule has 0 amide bonds. The highest BCUT2D eigenvalue weighted by atomic mass is 16.6. The molecule has 0 saturated heterocycles. The summed E-state index contributed by atoms with van der Waals surface area (Å²) in [5, 5.41) is 0. The topological polar surface area (TPSA) is 78.9 Å². The third-order valence-corrected chi connectivity index (χ3v) is 8.98. The maximum absolute atomic E-state index is 12.6. The average Bonchev–Trinajstić information content (AvgIpc) is 3.17. The van der Waals surface area contributed by atoms with Crippen molar-refractivity contribution in [2.45, 2.75) is 200 Å². The van der Waals surface area contributed by atoms with Crippen molar-refractivity contribution < 1.29 is 28.6 Å². The van der Waals surface area contributed by atoms with Crippen molar-refractivity contribution in [3.05, 3.63) is 72.9 Å². The largest absolute Gasteiger partial charge is 0.462 e. The molecule has 0 bridgehead atoms. The van der Waals surface area contributed by atoms with E-state index in [0.717, 1.165) is 103 Å². The molecule has 0 aliphatic carbocycles. The molecule has 6 nitrogen and oxygen atoms in total. The van der Waals surface area contributed by atoms with E-state index in [9.17, 15) is 14.4 Å². The molecule has 0 fully saturated rings. The Labute approximate surface area is 332 Å². The molecule has 0 spiro atoms. The number of esters is 3. The molecule has 0 saturated carbocycles. The zero-order valence-corrected chi connectivity index (χ0v) is 35.0. The maximum atomic E-state index is 12.6. The van der Waals surface area contributed by atoms with Crippen LogP contribution in [0.15, 0.2) is 72.9 Å². The lowest BCUT2D eigenvalue weighted by Gasteiger charge is -2.18. The zero-order chi connectivity index (χ0) is 39.4. The quantitative estimate of drug-likeness (QED) is 0.0270. The van der Waals surface area contributed by atoms with E-state index in [0.29, 0.717) is 19.3 Å². The van der Waals surface area contributed by atoms with Crippen LogP contribution < -0.4 is 0 Å². The molecular formula is C48H80O6. The van der Waals surface area contributed by atoms with Gasteiger partial charge in [0.2, 0.25) is 0 Å². The van der Waals surface area contributed by atoms with E-state index in [2.05, 4.69) is 93.7 Å². The van der Waals surface area contributed by atoms with Crippen molar-refractivity contribution in [2.75, 3.05) is 13.2 Å². The summed E-state index contributed by atoms with van der Waals surface area (Å²) in [6.45, 7) is 6.36. The third kappa shape index (κ3) is 40.0. The number of carbonyl (C=O) groups is 3. The van der Waals surface area contributed by atoms with E-state index in [-0.39, 0.29) is 31.1 Å². The minimum absolute atomic E-state index is 0.0898. The van der Waals surface area contributed by atoms with E-state index in [1.54, 1.807) is 0 Å². The number of allylic oxidation sites excluding steroid dienone is 12. The summed E-state index contributed by atoms with van der Waals surface area (Å²) in [7, 11) is 0. The number of unbranched alkanes of at least 4 members (excludes halogenated alkanes) is 15. The van der Waals surface area contributed by atoms with Crippen molar-refractivity contribution in [3.8, 4) is 0 Å². The highest BCUT2D eigenvalue weighted by molar-refractivity contribution is 5.71. The van der Waals surface area contributed by atoms with Crippen LogP contribution in [0.4, 0.5) is 0 Å². The van der Waals surface area contributed by atoms with Gasteiger partial charge in [0.1, 0.15) is 13.2 Å². The molecule has 0 aliphatic rings. The van der Waals surface area contributed by atoms with Gasteiger partial charge < -0.3 is 14.2 Å². The van der Waals surface area contributed by atoms with Gasteiger partial charge in [-0.3, -0.25) is 14.4 Å². The van der Waals surface area contributed by atoms with Crippen molar-refractivity contribution in [1.82, 2.24) is 0 Å². The van der Waals surface area contributed by atoms with Crippen molar-refractivity contribution in [2.24, 2.45) is 0 Å². The molecule has 0 heterocycles. The molecule has 0 aromatic carbocycles. The van der Waals surface area contributed by atoms with Crippen LogP contribution in [-0.2, 0) is 28.6 Å². The van der Waals surface area contributed by atoms with Gasteiger partial charge in [0, 0.05) is 19.3 Å². The smallest absolute Gasteiger partial charge is 0.306 e. The summed E-state index contributed by atoms with van der Waals surface area (Å²) in [6.07, 6.45) is 52.1. The minimum atomic E-state index is -0.785. The van der Waals surface area contributed by atoms with Crippen LogP contribution in [0.2, 0.25) is 0 Å². The number of rotatable bonds is 38. The van der Waals surface area contributed by atoms with Crippen LogP contribution >= 0.6 is 0 Å². The van der Waals surface area contributed by atoms with Crippen LogP contribution in [0.1, 0.15) is 194 Å². The molecule has 0 aromatic heterocycles. The number of hydrogen-bond donors (Lipinski definition) is 0. The Hall–Kier alpha value is -3.15. The Morgan fingerprint density at radius 3 is 1.13 bits per heavy atom. The van der Waals surface area contributed by atoms with Gasteiger partial charge >= 0.3 is 17.9 Å². The van der Waals surface area contributed by atoms with E-state index in [1.165, 1.54) is 51.4 Å². The second-order valence-electron chi connectivity index (χ2n) is 14.2. The molecule has 6 heteroatoms. The molecule has 0 N–H and O–H groups in total. The lowest BCUT2D eigenvalue weighted by molar-refractivity contribution is -0.167. The van der Waals surface area contributed by atoms with E-state index in [1.807, 2.05) is 0 Å². The first-order chi connectivity index (χ1) is 26.5. The Morgan fingerprint density at radius 2 is 0.722 bits per heavy atom. The van der Waals surface area contributed by atoms with Gasteiger partial charge in [-0.05, 0) is 70.6 Å². The van der Waals surface area contributed by atoms with Crippen LogP contribution in [0.5, 0.6) is 0 Å².